The number of piperidine rings is 1. The van der Waals surface area contributed by atoms with Gasteiger partial charge in [-0.2, -0.15) is 0 Å². The molecule has 1 fully saturated rings. The van der Waals surface area contributed by atoms with E-state index >= 15 is 0 Å². The maximum absolute atomic E-state index is 5.79. The molecule has 1 N–H and O–H groups in total. The molecule has 1 unspecified atom stereocenters. The zero-order valence-corrected chi connectivity index (χ0v) is 30.2. The molecule has 14 heteroatoms. The first-order valence-electron chi connectivity index (χ1n) is 18.1. The molecule has 0 aliphatic carbocycles. The average Bonchev–Trinajstić information content (AvgIpc) is 3.11. The van der Waals surface area contributed by atoms with Crippen molar-refractivity contribution in [1.29, 1.82) is 0 Å². The summed E-state index contributed by atoms with van der Waals surface area (Å²) in [6.45, 7) is 20.3. The molecule has 0 aromatic heterocycles. The van der Waals surface area contributed by atoms with E-state index in [1.807, 2.05) is 0 Å². The topological polar surface area (TPSA) is 132 Å². The number of ether oxygens (including phenoxy) is 13. The lowest BCUT2D eigenvalue weighted by Gasteiger charge is -2.22. The Bertz CT molecular complexity index is 605. The summed E-state index contributed by atoms with van der Waals surface area (Å²) in [5.74, 6) is 0.598. The van der Waals surface area contributed by atoms with Gasteiger partial charge in [0.2, 0.25) is 0 Å². The van der Waals surface area contributed by atoms with Crippen LogP contribution < -0.4 is 5.32 Å². The van der Waals surface area contributed by atoms with Gasteiger partial charge in [-0.05, 0) is 31.8 Å². The van der Waals surface area contributed by atoms with Crippen LogP contribution in [-0.2, 0) is 61.6 Å². The monoisotopic (exact) mass is 699 g/mol. The number of nitrogens with one attached hydrogen (secondary N) is 1. The minimum atomic E-state index is 0.372. The number of rotatable bonds is 40. The lowest BCUT2D eigenvalue weighted by Crippen LogP contribution is -2.33. The molecular formula is C34H69NO13. The Morgan fingerprint density at radius 1 is 0.396 bits per heavy atom. The first-order valence-corrected chi connectivity index (χ1v) is 18.1. The predicted octanol–water partition coefficient (Wildman–Crippen LogP) is 2.00. The van der Waals surface area contributed by atoms with Gasteiger partial charge in [0.1, 0.15) is 0 Å². The first-order chi connectivity index (χ1) is 23.8. The Morgan fingerprint density at radius 2 is 0.646 bits per heavy atom. The van der Waals surface area contributed by atoms with Gasteiger partial charge >= 0.3 is 0 Å². The second-order valence-corrected chi connectivity index (χ2v) is 11.1. The SMILES string of the molecule is CCC(C)COCCOCCOCCOCCOCCOCCOCCOCCOCCOCCOCCOCCOC1CCNCC1. The molecule has 0 aromatic carbocycles. The molecule has 1 aliphatic heterocycles. The number of hydrogen-bond acceptors (Lipinski definition) is 14. The van der Waals surface area contributed by atoms with Crippen molar-refractivity contribution in [2.45, 2.75) is 39.2 Å². The molecule has 1 aliphatic rings. The van der Waals surface area contributed by atoms with E-state index in [1.165, 1.54) is 0 Å². The molecule has 0 saturated carbocycles. The maximum atomic E-state index is 5.79. The van der Waals surface area contributed by atoms with Crippen LogP contribution >= 0.6 is 0 Å². The normalized spacial score (nSPS) is 14.6. The van der Waals surface area contributed by atoms with Gasteiger partial charge in [-0.1, -0.05) is 20.3 Å². The van der Waals surface area contributed by atoms with Crippen LogP contribution in [0.1, 0.15) is 33.1 Å². The first kappa shape index (κ1) is 45.5. The van der Waals surface area contributed by atoms with E-state index < -0.39 is 0 Å². The van der Waals surface area contributed by atoms with Gasteiger partial charge in [0, 0.05) is 6.61 Å². The molecule has 1 atom stereocenters. The maximum Gasteiger partial charge on any atom is 0.0704 e. The fourth-order valence-corrected chi connectivity index (χ4v) is 4.06. The van der Waals surface area contributed by atoms with Gasteiger partial charge in [-0.3, -0.25) is 0 Å². The standard InChI is InChI=1S/C34H69NO13/c1-3-33(2)32-47-29-28-45-25-24-43-21-20-41-17-16-39-13-12-37-9-8-36-10-11-38-14-15-40-18-19-42-22-23-44-26-27-46-30-31-48-34-4-6-35-7-5-34/h33-35H,3-32H2,1-2H3. The molecule has 0 radical (unpaired) electrons. The molecule has 0 bridgehead atoms. The third kappa shape index (κ3) is 35.3. The smallest absolute Gasteiger partial charge is 0.0704 e. The van der Waals surface area contributed by atoms with Crippen molar-refractivity contribution in [2.24, 2.45) is 5.92 Å². The molecule has 0 amide bonds. The summed E-state index contributed by atoms with van der Waals surface area (Å²) in [6, 6.07) is 0. The van der Waals surface area contributed by atoms with Gasteiger partial charge in [0.05, 0.1) is 165 Å². The third-order valence-corrected chi connectivity index (χ3v) is 7.06. The predicted molar refractivity (Wildman–Crippen MR) is 181 cm³/mol. The van der Waals surface area contributed by atoms with Crippen LogP contribution in [0, 0.1) is 5.92 Å². The summed E-state index contributed by atoms with van der Waals surface area (Å²) in [6.07, 6.45) is 3.67. The van der Waals surface area contributed by atoms with E-state index in [0.717, 1.165) is 39.0 Å². The van der Waals surface area contributed by atoms with Crippen molar-refractivity contribution in [3.8, 4) is 0 Å². The molecule has 1 heterocycles. The second-order valence-electron chi connectivity index (χ2n) is 11.1. The van der Waals surface area contributed by atoms with Gasteiger partial charge in [0.25, 0.3) is 0 Å². The van der Waals surface area contributed by atoms with Crippen molar-refractivity contribution >= 4 is 0 Å². The van der Waals surface area contributed by atoms with Crippen molar-refractivity contribution < 1.29 is 61.6 Å². The highest BCUT2D eigenvalue weighted by atomic mass is 16.6. The Labute approximate surface area is 290 Å². The van der Waals surface area contributed by atoms with Gasteiger partial charge in [-0.15, -0.1) is 0 Å². The molecule has 1 rings (SSSR count). The third-order valence-electron chi connectivity index (χ3n) is 7.06. The van der Waals surface area contributed by atoms with Crippen LogP contribution in [0.25, 0.3) is 0 Å². The molecule has 288 valence electrons. The Morgan fingerprint density at radius 3 is 0.917 bits per heavy atom. The van der Waals surface area contributed by atoms with Crippen LogP contribution in [0.5, 0.6) is 0 Å². The zero-order valence-electron chi connectivity index (χ0n) is 30.2. The second kappa shape index (κ2) is 39.2. The summed E-state index contributed by atoms with van der Waals surface area (Å²) in [7, 11) is 0. The molecule has 48 heavy (non-hydrogen) atoms. The Hall–Kier alpha value is -0.560. The van der Waals surface area contributed by atoms with Crippen molar-refractivity contribution in [2.75, 3.05) is 178 Å². The largest absolute Gasteiger partial charge is 0.379 e. The van der Waals surface area contributed by atoms with Crippen LogP contribution in [0.4, 0.5) is 0 Å². The van der Waals surface area contributed by atoms with Crippen molar-refractivity contribution in [3.05, 3.63) is 0 Å². The van der Waals surface area contributed by atoms with Gasteiger partial charge in [-0.25, -0.2) is 0 Å². The van der Waals surface area contributed by atoms with Gasteiger partial charge in [0.15, 0.2) is 0 Å². The number of hydrogen-bond donors (Lipinski definition) is 1. The van der Waals surface area contributed by atoms with Crippen LogP contribution in [0.2, 0.25) is 0 Å². The lowest BCUT2D eigenvalue weighted by molar-refractivity contribution is -0.0328. The molecular weight excluding hydrogens is 630 g/mol. The van der Waals surface area contributed by atoms with E-state index in [0.29, 0.717) is 171 Å². The van der Waals surface area contributed by atoms with E-state index in [9.17, 15) is 0 Å². The summed E-state index contributed by atoms with van der Waals surface area (Å²) >= 11 is 0. The zero-order chi connectivity index (χ0) is 34.3. The van der Waals surface area contributed by atoms with Crippen molar-refractivity contribution in [1.82, 2.24) is 5.32 Å². The lowest BCUT2D eigenvalue weighted by atomic mass is 10.1. The minimum Gasteiger partial charge on any atom is -0.379 e. The summed E-state index contributed by atoms with van der Waals surface area (Å²) in [5, 5.41) is 3.33. The Balaban J connectivity index is 1.60. The fraction of sp³-hybridized carbons (Fsp3) is 1.00. The van der Waals surface area contributed by atoms with Gasteiger partial charge < -0.3 is 66.9 Å². The van der Waals surface area contributed by atoms with Crippen LogP contribution in [-0.4, -0.2) is 184 Å². The highest BCUT2D eigenvalue weighted by Crippen LogP contribution is 2.06. The van der Waals surface area contributed by atoms with Crippen LogP contribution in [0.3, 0.4) is 0 Å². The fourth-order valence-electron chi connectivity index (χ4n) is 4.06. The van der Waals surface area contributed by atoms with E-state index in [4.69, 9.17) is 61.6 Å². The van der Waals surface area contributed by atoms with Crippen molar-refractivity contribution in [3.63, 3.8) is 0 Å². The molecule has 14 nitrogen and oxygen atoms in total. The summed E-state index contributed by atoms with van der Waals surface area (Å²) in [4.78, 5) is 0. The molecule has 0 aromatic rings. The highest BCUT2D eigenvalue weighted by Gasteiger charge is 2.12. The summed E-state index contributed by atoms with van der Waals surface area (Å²) in [5.41, 5.74) is 0. The quantitative estimate of drug-likeness (QED) is 0.0936. The Kier molecular flexibility index (Phi) is 37.2. The van der Waals surface area contributed by atoms with E-state index in [-0.39, 0.29) is 0 Å². The summed E-state index contributed by atoms with van der Waals surface area (Å²) < 4.78 is 71.8. The van der Waals surface area contributed by atoms with Crippen LogP contribution in [0.15, 0.2) is 0 Å². The highest BCUT2D eigenvalue weighted by molar-refractivity contribution is 4.67. The average molecular weight is 700 g/mol. The molecule has 0 spiro atoms. The molecule has 1 saturated heterocycles. The minimum absolute atomic E-state index is 0.372. The van der Waals surface area contributed by atoms with E-state index in [2.05, 4.69) is 19.2 Å². The van der Waals surface area contributed by atoms with E-state index in [1.54, 1.807) is 0 Å².